The number of carbonyl (C=O) groups excluding carboxylic acids is 5. The van der Waals surface area contributed by atoms with Crippen molar-refractivity contribution in [1.29, 1.82) is 0 Å². The van der Waals surface area contributed by atoms with Crippen LogP contribution < -0.4 is 35.0 Å². The maximum Gasteiger partial charge on any atom is 0.342 e. The number of aromatic nitrogens is 2. The van der Waals surface area contributed by atoms with Crippen molar-refractivity contribution in [2.75, 3.05) is 91.4 Å². The molecule has 0 radical (unpaired) electrons. The number of halogens is 3. The molecule has 16 nitrogen and oxygen atoms in total. The first-order valence-corrected chi connectivity index (χ1v) is 21.8. The number of rotatable bonds is 10. The molecular formula is C44H51F3N10O6. The van der Waals surface area contributed by atoms with Gasteiger partial charge in [0.1, 0.15) is 23.3 Å². The maximum absolute atomic E-state index is 15.9. The average molecular weight is 873 g/mol. The highest BCUT2D eigenvalue weighted by atomic mass is 19.3. The number of piperazine rings is 1. The molecule has 1 aliphatic carbocycles. The van der Waals surface area contributed by atoms with Crippen LogP contribution in [0.15, 0.2) is 36.5 Å². The molecule has 5 aliphatic heterocycles. The van der Waals surface area contributed by atoms with E-state index in [4.69, 9.17) is 4.74 Å². The van der Waals surface area contributed by atoms with E-state index in [2.05, 4.69) is 30.4 Å². The van der Waals surface area contributed by atoms with Crippen LogP contribution in [0.1, 0.15) is 78.5 Å². The summed E-state index contributed by atoms with van der Waals surface area (Å²) in [6.45, 7) is 4.65. The van der Waals surface area contributed by atoms with Crippen molar-refractivity contribution < 1.29 is 41.9 Å². The minimum atomic E-state index is -3.60. The van der Waals surface area contributed by atoms with Gasteiger partial charge in [-0.05, 0) is 69.2 Å². The minimum absolute atomic E-state index is 0.0630. The molecule has 4 fully saturated rings. The summed E-state index contributed by atoms with van der Waals surface area (Å²) in [6.07, 6.45) is 7.55. The number of nitrogens with one attached hydrogen (secondary N) is 2. The maximum atomic E-state index is 15.9. The standard InChI is InChI=1S/C44H51F3N10O6/c1-52-35-24-48-43(51-38(35)56(27-5-3-4-6-27)25-44(46,47)42(52)62)49-32-22-31(45)34(23-36(32)63-2)55-15-12-26(13-16-55)11-14-53-17-19-54(20-18-53)28-7-8-29-30(21-28)41(61)57(40(29)60)33-9-10-37(58)50-39(33)59/h7-8,21-24,26-27,33H,3-6,9-20,25H2,1-2H3,(H,48,49,51)(H,50,58,59). The first kappa shape index (κ1) is 42.3. The molecule has 3 aromatic rings. The van der Waals surface area contributed by atoms with Gasteiger partial charge in [0, 0.05) is 76.6 Å². The number of anilines is 6. The van der Waals surface area contributed by atoms with E-state index >= 15 is 13.2 Å². The number of ether oxygens (including phenoxy) is 1. The lowest BCUT2D eigenvalue weighted by Crippen LogP contribution is -2.54. The molecule has 9 rings (SSSR count). The van der Waals surface area contributed by atoms with Crippen LogP contribution in [0.5, 0.6) is 5.75 Å². The zero-order chi connectivity index (χ0) is 44.2. The molecule has 2 aromatic carbocycles. The third-order valence-corrected chi connectivity index (χ3v) is 13.6. The van der Waals surface area contributed by atoms with E-state index in [9.17, 15) is 24.0 Å². The third kappa shape index (κ3) is 8.11. The molecule has 334 valence electrons. The Kier molecular flexibility index (Phi) is 11.4. The molecule has 0 bridgehead atoms. The fourth-order valence-corrected chi connectivity index (χ4v) is 9.99. The fourth-order valence-electron chi connectivity index (χ4n) is 9.99. The summed E-state index contributed by atoms with van der Waals surface area (Å²) in [4.78, 5) is 82.3. The normalized spacial score (nSPS) is 22.4. The summed E-state index contributed by atoms with van der Waals surface area (Å²) in [5, 5.41) is 5.27. The van der Waals surface area contributed by atoms with Crippen LogP contribution >= 0.6 is 0 Å². The number of carbonyl (C=O) groups is 5. The van der Waals surface area contributed by atoms with Crippen molar-refractivity contribution in [3.63, 3.8) is 0 Å². The van der Waals surface area contributed by atoms with Crippen molar-refractivity contribution in [3.8, 4) is 5.75 Å². The second-order valence-electron chi connectivity index (χ2n) is 17.4. The zero-order valence-electron chi connectivity index (χ0n) is 35.4. The van der Waals surface area contributed by atoms with Crippen LogP contribution in [-0.2, 0) is 14.4 Å². The Bertz CT molecular complexity index is 2330. The van der Waals surface area contributed by atoms with E-state index in [1.54, 1.807) is 18.2 Å². The summed E-state index contributed by atoms with van der Waals surface area (Å²) in [6, 6.07) is 7.03. The second-order valence-corrected chi connectivity index (χ2v) is 17.4. The summed E-state index contributed by atoms with van der Waals surface area (Å²) in [7, 11) is 2.79. The number of imide groups is 2. The SMILES string of the molecule is COc1cc(N2CCC(CCN3CCN(c4ccc5c(c4)C(=O)N(C4CCC(=O)NC4=O)C5=O)CC3)CC2)c(F)cc1Nc1ncc2c(n1)N(C1CCCC1)CC(F)(F)C(=O)N2C. The summed E-state index contributed by atoms with van der Waals surface area (Å²) in [5.41, 5.74) is 2.26. The summed E-state index contributed by atoms with van der Waals surface area (Å²) >= 11 is 0. The van der Waals surface area contributed by atoms with Gasteiger partial charge in [-0.1, -0.05) is 12.8 Å². The number of fused-ring (bicyclic) bond motifs is 2. The molecule has 1 atom stereocenters. The number of amides is 5. The number of nitrogens with zero attached hydrogens (tertiary/aromatic N) is 8. The molecule has 1 aromatic heterocycles. The molecule has 5 amide bonds. The van der Waals surface area contributed by atoms with Crippen LogP contribution in [0.2, 0.25) is 0 Å². The highest BCUT2D eigenvalue weighted by Gasteiger charge is 2.49. The van der Waals surface area contributed by atoms with E-state index in [1.807, 2.05) is 11.0 Å². The highest BCUT2D eigenvalue weighted by molar-refractivity contribution is 6.23. The van der Waals surface area contributed by atoms with Crippen molar-refractivity contribution in [3.05, 3.63) is 53.5 Å². The fraction of sp³-hybridized carbons (Fsp3) is 0.523. The van der Waals surface area contributed by atoms with Crippen LogP contribution in [0.4, 0.5) is 47.7 Å². The first-order chi connectivity index (χ1) is 30.3. The van der Waals surface area contributed by atoms with E-state index in [0.717, 1.165) is 80.3 Å². The van der Waals surface area contributed by atoms with Gasteiger partial charge < -0.3 is 29.7 Å². The molecule has 6 aliphatic rings. The van der Waals surface area contributed by atoms with E-state index in [0.29, 0.717) is 43.3 Å². The van der Waals surface area contributed by atoms with Gasteiger partial charge in [0.2, 0.25) is 17.8 Å². The predicted molar refractivity (Wildman–Crippen MR) is 228 cm³/mol. The van der Waals surface area contributed by atoms with Crippen LogP contribution in [0.3, 0.4) is 0 Å². The molecule has 2 N–H and O–H groups in total. The van der Waals surface area contributed by atoms with E-state index in [1.165, 1.54) is 31.3 Å². The van der Waals surface area contributed by atoms with Crippen molar-refractivity contribution in [2.45, 2.75) is 75.8 Å². The Morgan fingerprint density at radius 3 is 2.32 bits per heavy atom. The highest BCUT2D eigenvalue weighted by Crippen LogP contribution is 2.41. The number of methoxy groups -OCH3 is 1. The zero-order valence-corrected chi connectivity index (χ0v) is 35.4. The summed E-state index contributed by atoms with van der Waals surface area (Å²) < 4.78 is 51.7. The van der Waals surface area contributed by atoms with Gasteiger partial charge in [-0.3, -0.25) is 39.1 Å². The Morgan fingerprint density at radius 1 is 0.873 bits per heavy atom. The lowest BCUT2D eigenvalue weighted by molar-refractivity contribution is -0.140. The largest absolute Gasteiger partial charge is 0.494 e. The first-order valence-electron chi connectivity index (χ1n) is 21.8. The lowest BCUT2D eigenvalue weighted by Gasteiger charge is -2.38. The smallest absolute Gasteiger partial charge is 0.342 e. The van der Waals surface area contributed by atoms with Gasteiger partial charge in [0.05, 0.1) is 42.4 Å². The molecule has 1 unspecified atom stereocenters. The predicted octanol–water partition coefficient (Wildman–Crippen LogP) is 4.56. The van der Waals surface area contributed by atoms with Gasteiger partial charge in [-0.2, -0.15) is 13.8 Å². The quantitative estimate of drug-likeness (QED) is 0.273. The van der Waals surface area contributed by atoms with E-state index < -0.39 is 53.9 Å². The monoisotopic (exact) mass is 872 g/mol. The molecule has 3 saturated heterocycles. The second kappa shape index (κ2) is 17.0. The van der Waals surface area contributed by atoms with Crippen molar-refractivity contribution in [2.24, 2.45) is 5.92 Å². The molecule has 19 heteroatoms. The van der Waals surface area contributed by atoms with Crippen molar-refractivity contribution in [1.82, 2.24) is 25.1 Å². The summed E-state index contributed by atoms with van der Waals surface area (Å²) in [5.74, 6) is -6.31. The van der Waals surface area contributed by atoms with Gasteiger partial charge in [-0.25, -0.2) is 9.37 Å². The van der Waals surface area contributed by atoms with Crippen LogP contribution in [-0.4, -0.2) is 134 Å². The Morgan fingerprint density at radius 2 is 1.60 bits per heavy atom. The average Bonchev–Trinajstić information content (AvgIpc) is 3.89. The Labute approximate surface area is 362 Å². The molecule has 63 heavy (non-hydrogen) atoms. The number of hydrogen-bond acceptors (Lipinski definition) is 13. The number of alkyl halides is 2. The molecule has 6 heterocycles. The lowest BCUT2D eigenvalue weighted by atomic mass is 9.93. The van der Waals surface area contributed by atoms with E-state index in [-0.39, 0.29) is 53.2 Å². The van der Waals surface area contributed by atoms with Gasteiger partial charge in [-0.15, -0.1) is 0 Å². The number of benzene rings is 2. The topological polar surface area (TPSA) is 164 Å². The molecule has 1 saturated carbocycles. The van der Waals surface area contributed by atoms with Gasteiger partial charge in [0.15, 0.2) is 5.82 Å². The Hall–Kier alpha value is -5.98. The minimum Gasteiger partial charge on any atom is -0.494 e. The van der Waals surface area contributed by atoms with Gasteiger partial charge >= 0.3 is 5.92 Å². The Balaban J connectivity index is 0.779. The van der Waals surface area contributed by atoms with Gasteiger partial charge in [0.25, 0.3) is 17.7 Å². The molecular weight excluding hydrogens is 822 g/mol. The van der Waals surface area contributed by atoms with Crippen LogP contribution in [0.25, 0.3) is 0 Å². The number of hydrogen-bond donors (Lipinski definition) is 2. The van der Waals surface area contributed by atoms with Crippen molar-refractivity contribution >= 4 is 64.1 Å². The number of piperidine rings is 2. The third-order valence-electron chi connectivity index (χ3n) is 13.6. The molecule has 0 spiro atoms. The van der Waals surface area contributed by atoms with Crippen LogP contribution in [0, 0.1) is 11.7 Å².